The molecule has 0 saturated heterocycles. The van der Waals surface area contributed by atoms with Crippen LogP contribution in [0.25, 0.3) is 0 Å². The molecule has 8 heteroatoms. The molecule has 0 bridgehead atoms. The normalized spacial score (nSPS) is 11.1. The van der Waals surface area contributed by atoms with E-state index in [0.29, 0.717) is 10.7 Å². The van der Waals surface area contributed by atoms with Crippen molar-refractivity contribution in [1.82, 2.24) is 0 Å². The van der Waals surface area contributed by atoms with Crippen molar-refractivity contribution in [3.63, 3.8) is 0 Å². The highest BCUT2D eigenvalue weighted by atomic mass is 35.5. The summed E-state index contributed by atoms with van der Waals surface area (Å²) in [6.07, 6.45) is -4.76. The number of para-hydroxylation sites is 2. The summed E-state index contributed by atoms with van der Waals surface area (Å²) in [5, 5.41) is 2.59. The molecule has 2 amide bonds. The van der Waals surface area contributed by atoms with E-state index in [9.17, 15) is 22.8 Å². The Morgan fingerprint density at radius 2 is 1.69 bits per heavy atom. The second-order valence-corrected chi connectivity index (χ2v) is 5.87. The van der Waals surface area contributed by atoms with Crippen molar-refractivity contribution in [2.75, 3.05) is 16.8 Å². The number of halogens is 4. The number of alkyl halides is 3. The molecule has 2 aromatic rings. The summed E-state index contributed by atoms with van der Waals surface area (Å²) < 4.78 is 38.9. The van der Waals surface area contributed by atoms with Gasteiger partial charge in [-0.05, 0) is 24.3 Å². The van der Waals surface area contributed by atoms with E-state index in [-0.39, 0.29) is 24.6 Å². The summed E-state index contributed by atoms with van der Waals surface area (Å²) in [5.41, 5.74) is -0.815. The summed E-state index contributed by atoms with van der Waals surface area (Å²) >= 11 is 6.06. The van der Waals surface area contributed by atoms with Gasteiger partial charge in [0, 0.05) is 19.9 Å². The lowest BCUT2D eigenvalue weighted by Crippen LogP contribution is -2.32. The molecule has 0 aromatic heterocycles. The van der Waals surface area contributed by atoms with E-state index in [1.165, 1.54) is 30.0 Å². The zero-order valence-electron chi connectivity index (χ0n) is 13.8. The first-order valence-electron chi connectivity index (χ1n) is 7.69. The maximum absolute atomic E-state index is 13.0. The first-order chi connectivity index (χ1) is 12.2. The molecule has 0 radical (unpaired) electrons. The number of hydrogen-bond acceptors (Lipinski definition) is 2. The van der Waals surface area contributed by atoms with Gasteiger partial charge in [-0.15, -0.1) is 0 Å². The summed E-state index contributed by atoms with van der Waals surface area (Å²) in [6, 6.07) is 11.3. The molecule has 0 spiro atoms. The van der Waals surface area contributed by atoms with Crippen molar-refractivity contribution in [3.05, 3.63) is 59.1 Å². The monoisotopic (exact) mass is 384 g/mol. The molecule has 0 aliphatic heterocycles. The Labute approximate surface area is 153 Å². The van der Waals surface area contributed by atoms with Gasteiger partial charge in [0.2, 0.25) is 11.8 Å². The topological polar surface area (TPSA) is 49.4 Å². The lowest BCUT2D eigenvalue weighted by atomic mass is 10.1. The van der Waals surface area contributed by atoms with E-state index >= 15 is 0 Å². The fraction of sp³-hybridized carbons (Fsp3) is 0.222. The number of carbonyl (C=O) groups is 2. The summed E-state index contributed by atoms with van der Waals surface area (Å²) in [7, 11) is 0. The van der Waals surface area contributed by atoms with Crippen LogP contribution in [0.5, 0.6) is 0 Å². The van der Waals surface area contributed by atoms with E-state index in [2.05, 4.69) is 5.32 Å². The van der Waals surface area contributed by atoms with Crippen LogP contribution in [0.4, 0.5) is 24.5 Å². The summed E-state index contributed by atoms with van der Waals surface area (Å²) in [4.78, 5) is 25.2. The molecule has 1 N–H and O–H groups in total. The van der Waals surface area contributed by atoms with Gasteiger partial charge in [0.05, 0.1) is 22.0 Å². The molecule has 0 aliphatic rings. The van der Waals surface area contributed by atoms with Crippen molar-refractivity contribution < 1.29 is 22.8 Å². The first kappa shape index (κ1) is 19.8. The predicted molar refractivity (Wildman–Crippen MR) is 94.2 cm³/mol. The van der Waals surface area contributed by atoms with Gasteiger partial charge in [-0.25, -0.2) is 0 Å². The van der Waals surface area contributed by atoms with E-state index in [0.717, 1.165) is 6.07 Å². The van der Waals surface area contributed by atoms with Crippen molar-refractivity contribution in [1.29, 1.82) is 0 Å². The number of anilines is 2. The minimum Gasteiger partial charge on any atom is -0.325 e. The number of carbonyl (C=O) groups excluding carboxylic acids is 2. The molecule has 0 aliphatic carbocycles. The van der Waals surface area contributed by atoms with Crippen molar-refractivity contribution in [2.24, 2.45) is 0 Å². The second-order valence-electron chi connectivity index (χ2n) is 5.46. The standard InChI is InChI=1S/C18H16ClF3N2O2/c1-12(25)24(16-9-5-3-7-14(16)19)11-10-17(26)23-15-8-4-2-6-13(15)18(20,21)22/h2-9H,10-11H2,1H3,(H,23,26). The average Bonchev–Trinajstić information content (AvgIpc) is 2.56. The molecule has 26 heavy (non-hydrogen) atoms. The largest absolute Gasteiger partial charge is 0.418 e. The minimum absolute atomic E-state index is 0.0148. The number of amides is 2. The van der Waals surface area contributed by atoms with Crippen LogP contribution in [0.15, 0.2) is 48.5 Å². The molecule has 0 unspecified atom stereocenters. The van der Waals surface area contributed by atoms with Crippen molar-refractivity contribution >= 4 is 34.8 Å². The molecule has 0 fully saturated rings. The molecule has 0 atom stereocenters. The molecule has 0 saturated carbocycles. The van der Waals surface area contributed by atoms with Crippen LogP contribution in [0, 0.1) is 0 Å². The van der Waals surface area contributed by atoms with E-state index in [4.69, 9.17) is 11.6 Å². The van der Waals surface area contributed by atoms with Crippen LogP contribution in [0.2, 0.25) is 5.02 Å². The Hall–Kier alpha value is -2.54. The van der Waals surface area contributed by atoms with Crippen molar-refractivity contribution in [2.45, 2.75) is 19.5 Å². The number of hydrogen-bond donors (Lipinski definition) is 1. The SMILES string of the molecule is CC(=O)N(CCC(=O)Nc1ccccc1C(F)(F)F)c1ccccc1Cl. The Kier molecular flexibility index (Phi) is 6.26. The van der Waals surface area contributed by atoms with Gasteiger partial charge in [-0.1, -0.05) is 35.9 Å². The number of benzene rings is 2. The van der Waals surface area contributed by atoms with Gasteiger partial charge >= 0.3 is 6.18 Å². The minimum atomic E-state index is -4.58. The van der Waals surface area contributed by atoms with Crippen molar-refractivity contribution in [3.8, 4) is 0 Å². The third-order valence-corrected chi connectivity index (χ3v) is 3.91. The highest BCUT2D eigenvalue weighted by Crippen LogP contribution is 2.34. The Morgan fingerprint density at radius 3 is 2.31 bits per heavy atom. The summed E-state index contributed by atoms with van der Waals surface area (Å²) in [5.74, 6) is -0.971. The Balaban J connectivity index is 2.09. The van der Waals surface area contributed by atoms with Crippen LogP contribution in [-0.4, -0.2) is 18.4 Å². The van der Waals surface area contributed by atoms with Crippen LogP contribution in [0.3, 0.4) is 0 Å². The number of nitrogens with one attached hydrogen (secondary N) is 1. The fourth-order valence-electron chi connectivity index (χ4n) is 2.38. The molecule has 4 nitrogen and oxygen atoms in total. The molecular weight excluding hydrogens is 369 g/mol. The van der Waals surface area contributed by atoms with Crippen LogP contribution in [-0.2, 0) is 15.8 Å². The molecule has 138 valence electrons. The number of rotatable bonds is 5. The zero-order valence-corrected chi connectivity index (χ0v) is 14.6. The van der Waals surface area contributed by atoms with Gasteiger partial charge in [-0.3, -0.25) is 9.59 Å². The van der Waals surface area contributed by atoms with Crippen LogP contribution >= 0.6 is 11.6 Å². The van der Waals surface area contributed by atoms with E-state index in [1.807, 2.05) is 0 Å². The quantitative estimate of drug-likeness (QED) is 0.809. The molecule has 2 rings (SSSR count). The van der Waals surface area contributed by atoms with Gasteiger partial charge in [0.15, 0.2) is 0 Å². The van der Waals surface area contributed by atoms with Gasteiger partial charge in [0.1, 0.15) is 0 Å². The fourth-order valence-corrected chi connectivity index (χ4v) is 2.62. The predicted octanol–water partition coefficient (Wildman–Crippen LogP) is 4.74. The van der Waals surface area contributed by atoms with Gasteiger partial charge < -0.3 is 10.2 Å². The first-order valence-corrected chi connectivity index (χ1v) is 8.06. The van der Waals surface area contributed by atoms with Gasteiger partial charge in [0.25, 0.3) is 0 Å². The van der Waals surface area contributed by atoms with E-state index in [1.54, 1.807) is 24.3 Å². The molecule has 0 heterocycles. The molecule has 2 aromatic carbocycles. The van der Waals surface area contributed by atoms with Crippen LogP contribution < -0.4 is 10.2 Å². The lowest BCUT2D eigenvalue weighted by Gasteiger charge is -2.22. The lowest BCUT2D eigenvalue weighted by molar-refractivity contribution is -0.137. The smallest absolute Gasteiger partial charge is 0.325 e. The van der Waals surface area contributed by atoms with E-state index < -0.39 is 17.6 Å². The molecular formula is C18H16ClF3N2O2. The third-order valence-electron chi connectivity index (χ3n) is 3.59. The van der Waals surface area contributed by atoms with Gasteiger partial charge in [-0.2, -0.15) is 13.2 Å². The Morgan fingerprint density at radius 1 is 1.08 bits per heavy atom. The average molecular weight is 385 g/mol. The Bertz CT molecular complexity index is 809. The third kappa shape index (κ3) is 4.98. The second kappa shape index (κ2) is 8.23. The summed E-state index contributed by atoms with van der Waals surface area (Å²) in [6.45, 7) is 1.30. The zero-order chi connectivity index (χ0) is 19.3. The maximum Gasteiger partial charge on any atom is 0.418 e. The number of nitrogens with zero attached hydrogens (tertiary/aromatic N) is 1. The van der Waals surface area contributed by atoms with Crippen LogP contribution in [0.1, 0.15) is 18.9 Å². The highest BCUT2D eigenvalue weighted by Gasteiger charge is 2.33. The maximum atomic E-state index is 13.0. The highest BCUT2D eigenvalue weighted by molar-refractivity contribution is 6.33.